The van der Waals surface area contributed by atoms with Crippen molar-refractivity contribution in [1.29, 1.82) is 0 Å². The second kappa shape index (κ2) is 16.8. The van der Waals surface area contributed by atoms with Gasteiger partial charge in [0, 0.05) is 29.8 Å². The minimum Gasteiger partial charge on any atom is -0.390 e. The highest BCUT2D eigenvalue weighted by atomic mass is 31.3. The van der Waals surface area contributed by atoms with E-state index in [2.05, 4.69) is 20.6 Å². The first-order valence-electron chi connectivity index (χ1n) is 17.0. The van der Waals surface area contributed by atoms with Crippen LogP contribution in [0.5, 0.6) is 0 Å². The summed E-state index contributed by atoms with van der Waals surface area (Å²) in [4.78, 5) is 61.0. The van der Waals surface area contributed by atoms with Crippen molar-refractivity contribution in [1.82, 2.24) is 14.5 Å². The zero-order valence-electron chi connectivity index (χ0n) is 30.5. The van der Waals surface area contributed by atoms with Gasteiger partial charge in [0.1, 0.15) is 27.9 Å². The van der Waals surface area contributed by atoms with E-state index >= 15 is 0 Å². The highest BCUT2D eigenvalue weighted by Gasteiger charge is 2.48. The zero-order valence-corrected chi connectivity index (χ0v) is 34.1. The van der Waals surface area contributed by atoms with Crippen LogP contribution in [0.2, 0.25) is 0 Å². The van der Waals surface area contributed by atoms with Gasteiger partial charge in [0.15, 0.2) is 18.5 Å². The fourth-order valence-corrected chi connectivity index (χ4v) is 12.7. The Kier molecular flexibility index (Phi) is 13.7. The van der Waals surface area contributed by atoms with Crippen molar-refractivity contribution in [3.8, 4) is 0 Å². The number of hydrogen-bond donors (Lipinski definition) is 7. The smallest absolute Gasteiger partial charge is 0.390 e. The Balaban J connectivity index is 1.14. The fraction of sp³-hybridized carbons (Fsp3) is 0.778. The van der Waals surface area contributed by atoms with E-state index < -0.39 is 116 Å². The van der Waals surface area contributed by atoms with Gasteiger partial charge in [-0.3, -0.25) is 28.0 Å². The van der Waals surface area contributed by atoms with Gasteiger partial charge in [0.05, 0.1) is 45.2 Å². The monoisotopic (exact) mass is 858 g/mol. The fourth-order valence-electron chi connectivity index (χ4n) is 6.54. The molecule has 55 heavy (non-hydrogen) atoms. The van der Waals surface area contributed by atoms with E-state index in [0.717, 1.165) is 0 Å². The number of fused-ring (bicyclic) bond motifs is 1. The second-order valence-corrected chi connectivity index (χ2v) is 21.6. The Labute approximate surface area is 318 Å². The van der Waals surface area contributed by atoms with E-state index in [1.807, 2.05) is 6.92 Å². The van der Waals surface area contributed by atoms with Gasteiger partial charge < -0.3 is 58.2 Å². The number of aromatic nitrogens is 4. The third-order valence-electron chi connectivity index (χ3n) is 9.91. The second-order valence-electron chi connectivity index (χ2n) is 14.1. The first kappa shape index (κ1) is 44.8. The topological polar surface area (TPSA) is 307 Å². The molecular formula is C27H46B2N5O17P4+. The molecule has 5 heterocycles. The van der Waals surface area contributed by atoms with Crippen LogP contribution in [-0.2, 0) is 57.4 Å². The van der Waals surface area contributed by atoms with E-state index in [0.29, 0.717) is 0 Å². The van der Waals surface area contributed by atoms with Gasteiger partial charge in [-0.15, -0.1) is 0 Å². The summed E-state index contributed by atoms with van der Waals surface area (Å²) in [5.74, 6) is -3.39. The number of aliphatic hydroxyl groups is 1. The molecule has 3 aliphatic heterocycles. The highest BCUT2D eigenvalue weighted by Crippen LogP contribution is 2.66. The number of H-pyrrole nitrogens is 1. The Morgan fingerprint density at radius 2 is 1.51 bits per heavy atom. The number of aliphatic hydroxyl groups excluding tert-OH is 1. The van der Waals surface area contributed by atoms with Gasteiger partial charge in [-0.25, -0.2) is 13.4 Å². The van der Waals surface area contributed by atoms with Crippen molar-refractivity contribution in [2.24, 2.45) is 30.7 Å². The van der Waals surface area contributed by atoms with Crippen molar-refractivity contribution in [2.45, 2.75) is 76.4 Å². The number of nitrogens with two attached hydrogens (primary N) is 1. The van der Waals surface area contributed by atoms with Gasteiger partial charge in [0.2, 0.25) is 13.1 Å². The molecule has 0 aliphatic carbocycles. The minimum absolute atomic E-state index is 0.118. The maximum Gasteiger partial charge on any atom is 0.479 e. The van der Waals surface area contributed by atoms with Crippen LogP contribution in [0.1, 0.15) is 33.9 Å². The number of imidazole rings is 1. The van der Waals surface area contributed by atoms with Crippen molar-refractivity contribution in [2.75, 3.05) is 31.5 Å². The number of phosphoric ester groups is 1. The first-order valence-corrected chi connectivity index (χ1v) is 23.8. The summed E-state index contributed by atoms with van der Waals surface area (Å²) in [6, 6.07) is -1.76. The van der Waals surface area contributed by atoms with Crippen LogP contribution in [0.3, 0.4) is 0 Å². The van der Waals surface area contributed by atoms with E-state index in [4.69, 9.17) is 53.7 Å². The summed E-state index contributed by atoms with van der Waals surface area (Å²) in [6.07, 6.45) is -0.652. The van der Waals surface area contributed by atoms with Crippen molar-refractivity contribution >= 4 is 69.7 Å². The third kappa shape index (κ3) is 10.5. The highest BCUT2D eigenvalue weighted by molar-refractivity contribution is 7.74. The molecule has 16 atom stereocenters. The zero-order chi connectivity index (χ0) is 41.0. The quantitative estimate of drug-likeness (QED) is 0.0652. The normalized spacial score (nSPS) is 37.1. The van der Waals surface area contributed by atoms with Crippen LogP contribution in [0.4, 0.5) is 5.95 Å². The third-order valence-corrected chi connectivity index (χ3v) is 16.8. The van der Waals surface area contributed by atoms with Crippen LogP contribution in [0.25, 0.3) is 11.2 Å². The van der Waals surface area contributed by atoms with Crippen LogP contribution in [0, 0.1) is 23.7 Å². The maximum atomic E-state index is 12.9. The molecule has 306 valence electrons. The molecule has 3 saturated heterocycles. The lowest BCUT2D eigenvalue weighted by Gasteiger charge is -2.29. The summed E-state index contributed by atoms with van der Waals surface area (Å²) in [5, 5.41) is 10.3. The van der Waals surface area contributed by atoms with E-state index in [9.17, 15) is 43.2 Å². The summed E-state index contributed by atoms with van der Waals surface area (Å²) in [5.41, 5.74) is 5.72. The molecule has 16 unspecified atom stereocenters. The van der Waals surface area contributed by atoms with Gasteiger partial charge in [0.25, 0.3) is 11.5 Å². The summed E-state index contributed by atoms with van der Waals surface area (Å²) in [7, 11) is -6.30. The molecule has 22 nitrogen and oxygen atoms in total. The molecule has 0 amide bonds. The van der Waals surface area contributed by atoms with Crippen LogP contribution in [0.15, 0.2) is 11.1 Å². The molecule has 0 aromatic carbocycles. The summed E-state index contributed by atoms with van der Waals surface area (Å²) < 4.78 is 84.3. The number of aromatic amines is 1. The molecule has 4 radical (unpaired) electrons. The minimum atomic E-state index is -5.37. The van der Waals surface area contributed by atoms with Crippen LogP contribution >= 0.6 is 30.6 Å². The lowest BCUT2D eigenvalue weighted by atomic mass is 9.86. The summed E-state index contributed by atoms with van der Waals surface area (Å²) >= 11 is 0. The Bertz CT molecular complexity index is 1980. The molecule has 5 rings (SSSR count). The molecule has 0 spiro atoms. The van der Waals surface area contributed by atoms with Gasteiger partial charge in [-0.2, -0.15) is 0 Å². The number of hydrogen-bond acceptors (Lipinski definition) is 16. The molecule has 28 heteroatoms. The predicted molar refractivity (Wildman–Crippen MR) is 196 cm³/mol. The predicted octanol–water partition coefficient (Wildman–Crippen LogP) is -0.212. The molecule has 8 N–H and O–H groups in total. The Morgan fingerprint density at radius 3 is 2.15 bits per heavy atom. The molecule has 3 fully saturated rings. The summed E-state index contributed by atoms with van der Waals surface area (Å²) in [6.45, 7) is 5.18. The number of phosphoric acid groups is 1. The number of anilines is 1. The number of nitrogens with one attached hydrogen (secondary N) is 1. The van der Waals surface area contributed by atoms with Gasteiger partial charge >= 0.3 is 28.7 Å². The number of aryl methyl sites for hydroxylation is 1. The Hall–Kier alpha value is -1.25. The lowest BCUT2D eigenvalue weighted by Crippen LogP contribution is -2.42. The number of rotatable bonds is 16. The first-order chi connectivity index (χ1) is 25.3. The van der Waals surface area contributed by atoms with E-state index in [-0.39, 0.29) is 35.6 Å². The van der Waals surface area contributed by atoms with Gasteiger partial charge in [-0.05, 0) is 12.2 Å². The average Bonchev–Trinajstić information content (AvgIpc) is 3.71. The molecule has 2 aromatic rings. The van der Waals surface area contributed by atoms with E-state index in [1.54, 1.807) is 38.7 Å². The average molecular weight is 858 g/mol. The number of nitrogen functional groups attached to an aromatic ring is 1. The number of ether oxygens (including phenoxy) is 3. The molecule has 0 bridgehead atoms. The largest absolute Gasteiger partial charge is 0.479 e. The molecule has 0 saturated carbocycles. The van der Waals surface area contributed by atoms with Crippen molar-refractivity contribution < 1.29 is 79.6 Å². The standard InChI is InChI=1S/C27H45B2N5O17P4/c1-12-13(2)26(34-10-33(5)19-24(34)31-27(30)32-25(19)36)49-16(12)7-46-55(42,43)51-54(40,41)11-53(38,39)45-9-18-21(15(4)23(29)48-18)50-52(6,37)44-8-17-20(35)14(3)22(28)47-17/h10,12-18,20-23,26,35H,6-9,11H2,1-5H3,(H6-,30,31,32,36,37,38,39,40,41,42,43)/p+1. The van der Waals surface area contributed by atoms with Crippen molar-refractivity contribution in [3.05, 3.63) is 16.7 Å². The molecule has 3 aliphatic rings. The Morgan fingerprint density at radius 1 is 0.909 bits per heavy atom. The molecular weight excluding hydrogens is 812 g/mol. The SMILES string of the molecule is [B]C1OC(COP(=C)(O)OC2C(COP(=O)(O)CP(=O)(O)OP(=O)(O)OCC3OC([n+]4cn(C)c5c(=O)[nH]c(N)nc54)C(C)C3C)OC([B])C2C)C(O)C1C. The maximum absolute atomic E-state index is 12.9. The lowest BCUT2D eigenvalue weighted by molar-refractivity contribution is -0.745. The van der Waals surface area contributed by atoms with Crippen molar-refractivity contribution in [3.63, 3.8) is 0 Å². The number of nitrogens with zero attached hydrogens (tertiary/aromatic N) is 3. The molecule has 2 aromatic heterocycles. The van der Waals surface area contributed by atoms with Crippen LogP contribution < -0.4 is 15.9 Å². The van der Waals surface area contributed by atoms with E-state index in [1.165, 1.54) is 4.57 Å². The van der Waals surface area contributed by atoms with Gasteiger partial charge in [-0.1, -0.05) is 32.7 Å². The van der Waals surface area contributed by atoms with Crippen LogP contribution in [-0.4, -0.2) is 129 Å².